The molecule has 0 spiro atoms. The molecule has 670 valence electrons. The molecule has 28 nitrogen and oxygen atoms in total. The number of carboxylic acids is 2. The summed E-state index contributed by atoms with van der Waals surface area (Å²) < 4.78 is 45.0. The van der Waals surface area contributed by atoms with Gasteiger partial charge in [-0.2, -0.15) is 0 Å². The molecule has 8 rings (SSSR count). The topological polar surface area (TPSA) is 398 Å². The second-order valence-electron chi connectivity index (χ2n) is 34.6. The van der Waals surface area contributed by atoms with Gasteiger partial charge in [-0.25, -0.2) is 19.2 Å². The summed E-state index contributed by atoms with van der Waals surface area (Å²) in [5.41, 5.74) is 13.7. The molecule has 8 aromatic carbocycles. The van der Waals surface area contributed by atoms with E-state index >= 15 is 0 Å². The molecule has 0 fully saturated rings. The van der Waals surface area contributed by atoms with Crippen molar-refractivity contribution in [2.24, 2.45) is 5.73 Å². The first kappa shape index (κ1) is 103. The predicted molar refractivity (Wildman–Crippen MR) is 483 cm³/mol. The van der Waals surface area contributed by atoms with Crippen LogP contribution in [0.3, 0.4) is 0 Å². The number of ether oxygens (including phenoxy) is 7. The van der Waals surface area contributed by atoms with Gasteiger partial charge in [-0.3, -0.25) is 24.0 Å². The number of carbonyl (C=O) groups excluding carboxylic acids is 7. The van der Waals surface area contributed by atoms with Crippen LogP contribution >= 0.6 is 0 Å². The van der Waals surface area contributed by atoms with Gasteiger partial charge in [-0.05, 0) is 279 Å². The van der Waals surface area contributed by atoms with Crippen LogP contribution in [-0.4, -0.2) is 143 Å². The van der Waals surface area contributed by atoms with Gasteiger partial charge in [0.25, 0.3) is 23.6 Å². The zero-order valence-electron chi connectivity index (χ0n) is 75.3. The van der Waals surface area contributed by atoms with E-state index in [0.717, 1.165) is 33.6 Å². The summed E-state index contributed by atoms with van der Waals surface area (Å²) in [6.07, 6.45) is -3.81. The van der Waals surface area contributed by atoms with Gasteiger partial charge in [0.15, 0.2) is 6.10 Å². The minimum absolute atomic E-state index is 0.0994. The highest BCUT2D eigenvalue weighted by Gasteiger charge is 2.39. The summed E-state index contributed by atoms with van der Waals surface area (Å²) >= 11 is 0. The van der Waals surface area contributed by atoms with Crippen LogP contribution in [-0.2, 0) is 69.2 Å². The molecule has 0 aliphatic rings. The fraction of sp³-hybridized carbons (Fsp3) is 0.400. The summed E-state index contributed by atoms with van der Waals surface area (Å²) in [7, 11) is -1.94. The summed E-state index contributed by atoms with van der Waals surface area (Å²) in [6, 6.07) is 54.4. The number of carboxylic acid groups (broad SMARTS) is 2. The van der Waals surface area contributed by atoms with Crippen molar-refractivity contribution >= 4 is 84.9 Å². The molecular weight excluding hydrogens is 1600 g/mol. The lowest BCUT2D eigenvalue weighted by atomic mass is 10.1. The number of anilines is 4. The molecule has 8 atom stereocenters. The van der Waals surface area contributed by atoms with Gasteiger partial charge in [0.2, 0.25) is 8.32 Å². The van der Waals surface area contributed by atoms with Crippen molar-refractivity contribution in [1.29, 1.82) is 0 Å². The molecule has 8 aromatic rings. The molecule has 0 aliphatic heterocycles. The van der Waals surface area contributed by atoms with E-state index in [4.69, 9.17) is 53.5 Å². The lowest BCUT2D eigenvalue weighted by molar-refractivity contribution is -0.159. The van der Waals surface area contributed by atoms with E-state index in [-0.39, 0.29) is 77.5 Å². The molecule has 0 bridgehead atoms. The first-order valence-electron chi connectivity index (χ1n) is 40.8. The lowest BCUT2D eigenvalue weighted by Gasteiger charge is -2.36. The number of nitrogens with one attached hydrogen (secondary N) is 7. The highest BCUT2D eigenvalue weighted by molar-refractivity contribution is 6.74. The zero-order valence-corrected chi connectivity index (χ0v) is 76.3. The molecule has 0 aliphatic carbocycles. The van der Waals surface area contributed by atoms with E-state index in [9.17, 15) is 48.3 Å². The van der Waals surface area contributed by atoms with Crippen LogP contribution in [0.25, 0.3) is 0 Å². The Kier molecular flexibility index (Phi) is 39.4. The third kappa shape index (κ3) is 38.2. The van der Waals surface area contributed by atoms with E-state index in [1.165, 1.54) is 12.1 Å². The molecule has 0 saturated carbocycles. The van der Waals surface area contributed by atoms with Gasteiger partial charge in [-0.1, -0.05) is 105 Å². The molecule has 12 N–H and O–H groups in total. The lowest BCUT2D eigenvalue weighted by Crippen LogP contribution is -2.47. The Morgan fingerprint density at radius 3 is 0.879 bits per heavy atom. The Morgan fingerprint density at radius 1 is 0.371 bits per heavy atom. The van der Waals surface area contributed by atoms with Gasteiger partial charge >= 0.3 is 30.2 Å². The van der Waals surface area contributed by atoms with E-state index in [0.29, 0.717) is 70.4 Å². The van der Waals surface area contributed by atoms with Crippen LogP contribution in [0.1, 0.15) is 199 Å². The number of nitrogens with two attached hydrogens (primary N) is 1. The largest absolute Gasteiger partial charge is 0.544 e. The van der Waals surface area contributed by atoms with Gasteiger partial charge in [0.05, 0.1) is 62.9 Å². The van der Waals surface area contributed by atoms with Gasteiger partial charge in [-0.15, -0.1) is 0 Å². The summed E-state index contributed by atoms with van der Waals surface area (Å²) in [5, 5.41) is 47.1. The van der Waals surface area contributed by atoms with E-state index < -0.39 is 67.5 Å². The number of hydrogen-bond acceptors (Lipinski definition) is 19. The number of phenolic OH excluding ortho intramolecular Hbond substituents is 1. The zero-order chi connectivity index (χ0) is 92.6. The monoisotopic (exact) mass is 1730 g/mol. The number of aliphatic carboxylic acids is 2. The summed E-state index contributed by atoms with van der Waals surface area (Å²) in [4.78, 5) is 108. The molecule has 0 heterocycles. The molecule has 124 heavy (non-hydrogen) atoms. The first-order chi connectivity index (χ1) is 57.8. The van der Waals surface area contributed by atoms with Crippen LogP contribution in [0.5, 0.6) is 11.5 Å². The minimum atomic E-state index is -1.94. The molecule has 0 aromatic heterocycles. The average Bonchev–Trinajstić information content (AvgIpc) is 0.820. The van der Waals surface area contributed by atoms with Crippen LogP contribution in [0, 0.1) is 13.8 Å². The van der Waals surface area contributed by atoms with Crippen LogP contribution in [0.2, 0.25) is 18.1 Å². The number of aryl methyl sites for hydroxylation is 2. The molecule has 0 radical (unpaired) electrons. The minimum Gasteiger partial charge on any atom is -0.544 e. The average molecular weight is 1730 g/mol. The number of benzene rings is 8. The number of hydrogen-bond donors (Lipinski definition) is 11. The van der Waals surface area contributed by atoms with Crippen LogP contribution < -0.4 is 47.4 Å². The Morgan fingerprint density at radius 2 is 0.629 bits per heavy atom. The van der Waals surface area contributed by atoms with Crippen LogP contribution in [0.4, 0.5) is 37.1 Å². The van der Waals surface area contributed by atoms with Gasteiger partial charge in [0.1, 0.15) is 34.3 Å². The maximum atomic E-state index is 12.8. The Hall–Kier alpha value is -12.0. The van der Waals surface area contributed by atoms with E-state index in [1.807, 2.05) is 221 Å². The number of alkyl carbamates (subject to hydrolysis) is 3. The number of aromatic hydroxyl groups is 1. The Balaban J connectivity index is 0.000000295. The standard InChI is InChI=1S/C29H44N2O5Si.C24H32N2O4.C23H30N2O5.C19H20N2O6/c1-20(30-27(33)35-28(3,4)5)21(2)34-19-22-12-11-13-24(18-22)31-26(32)23-14-16-25(17-15-23)36-37(9,10)29(6,7)8;1-16-10-12-20(13-11-16)22(27)26-21-9-7-8-19(14-21)15-29-18(3)17(2)25-23(28)30-24(4,5)6;1-15(24-22(28)30-23(3,4)5)16(2)29-14-17-7-6-8-19(13-17)25-21(27)18-9-11-20(26)12-10-18;1-11-5-7-13(8-6-11)17(22)21-14-4-2-3-12(9-14)10-27-16(19(25)26)15(20)18(23)24/h11-18,20-21H,19H2,1-10H3,(H,30,33)(H,31,32);7-14,17-18H,15H2,1-6H3,(H,25,28)(H,26,27);6-13,15-16,26H,14H2,1-5H3,(H,24,28)(H,25,27);2-9,15-16H,10,20H2,1H3,(H,21,22)(H,23,24)(H,25,26)/t20-,21-;17-,18-;2*15-,16-/m1110/s1. The maximum Gasteiger partial charge on any atom is 0.407 e. The van der Waals surface area contributed by atoms with Crippen molar-refractivity contribution in [3.8, 4) is 11.5 Å². The van der Waals surface area contributed by atoms with E-state index in [1.54, 1.807) is 78.9 Å². The number of phenols is 1. The van der Waals surface area contributed by atoms with Crippen molar-refractivity contribution in [3.05, 3.63) is 250 Å². The Bertz CT molecular complexity index is 4660. The maximum absolute atomic E-state index is 12.8. The highest BCUT2D eigenvalue weighted by atomic mass is 28.4. The first-order valence-corrected chi connectivity index (χ1v) is 43.7. The number of amides is 7. The quantitative estimate of drug-likeness (QED) is 0.0142. The van der Waals surface area contributed by atoms with Crippen molar-refractivity contribution in [2.75, 3.05) is 21.3 Å². The van der Waals surface area contributed by atoms with Crippen molar-refractivity contribution in [1.82, 2.24) is 16.0 Å². The fourth-order valence-corrected chi connectivity index (χ4v) is 11.5. The SMILES string of the molecule is C[C@@H](NC(=O)OC(C)(C)C)[C@@H](C)OCc1cccc(NC(=O)c2ccc(O)cc2)c1.C[C@@H](NC(=O)OC(C)(C)C)[C@@H](C)OCc1cccc(NC(=O)c2ccc(O[Si](C)(C)C(C)(C)C)cc2)c1.Cc1ccc(C(=O)Nc2cccc(CO[C@H](C(=O)O)[C@H](N)C(=O)O)c2)cc1.Cc1ccc(C(=O)Nc2cccc(CO[C@H](C)[C@@H](C)NC(=O)OC(C)(C)C)c2)cc1. The summed E-state index contributed by atoms with van der Waals surface area (Å²) in [5.74, 6) is -2.95. The Labute approximate surface area is 729 Å². The molecule has 7 amide bonds. The van der Waals surface area contributed by atoms with Gasteiger partial charge in [0, 0.05) is 45.0 Å². The third-order valence-electron chi connectivity index (χ3n) is 19.0. The second kappa shape index (κ2) is 47.6. The van der Waals surface area contributed by atoms with Crippen molar-refractivity contribution in [2.45, 2.75) is 248 Å². The highest BCUT2D eigenvalue weighted by Crippen LogP contribution is 2.37. The second-order valence-corrected chi connectivity index (χ2v) is 39.3. The normalized spacial score (nSPS) is 13.3. The fourth-order valence-electron chi connectivity index (χ4n) is 10.5. The predicted octanol–water partition coefficient (Wildman–Crippen LogP) is 18.3. The van der Waals surface area contributed by atoms with Crippen molar-refractivity contribution in [3.63, 3.8) is 0 Å². The van der Waals surface area contributed by atoms with Crippen molar-refractivity contribution < 1.29 is 96.1 Å². The third-order valence-corrected chi connectivity index (χ3v) is 23.3. The molecule has 0 unspecified atom stereocenters. The van der Waals surface area contributed by atoms with Gasteiger partial charge < -0.3 is 95.9 Å². The summed E-state index contributed by atoms with van der Waals surface area (Å²) in [6.45, 7) is 43.3. The molecule has 29 heteroatoms. The van der Waals surface area contributed by atoms with Crippen LogP contribution in [0.15, 0.2) is 194 Å². The molecule has 0 saturated heterocycles. The number of carbonyl (C=O) groups is 9. The number of rotatable bonds is 31. The molecular formula is C95H126N8O20Si. The van der Waals surface area contributed by atoms with E-state index in [2.05, 4.69) is 71.1 Å². The smallest absolute Gasteiger partial charge is 0.407 e.